The summed E-state index contributed by atoms with van der Waals surface area (Å²) in [6.45, 7) is 0. The van der Waals surface area contributed by atoms with Crippen molar-refractivity contribution in [2.75, 3.05) is 10.6 Å². The topological polar surface area (TPSA) is 41.1 Å². The van der Waals surface area contributed by atoms with Crippen molar-refractivity contribution in [3.05, 3.63) is 89.5 Å². The highest BCUT2D eigenvalue weighted by Gasteiger charge is 2.10. The first-order chi connectivity index (χ1) is 12.4. The number of hydrogen-bond acceptors (Lipinski definition) is 2. The van der Waals surface area contributed by atoms with Crippen LogP contribution in [0.15, 0.2) is 60.7 Å². The monoisotopic (exact) mass is 360 g/mol. The standard InChI is InChI=1S/C19H12F4N2O/c20-12-2-8-18(17(23)10-12)24-13-3-5-14(6-4-13)25-19(26)11-1-7-15(21)16(22)9-11/h1-10,24H,(H,25,26). The molecule has 0 aliphatic heterocycles. The van der Waals surface area contributed by atoms with Gasteiger partial charge in [-0.05, 0) is 54.6 Å². The second-order valence-electron chi connectivity index (χ2n) is 5.41. The third kappa shape index (κ3) is 4.00. The summed E-state index contributed by atoms with van der Waals surface area (Å²) in [7, 11) is 0. The molecule has 0 saturated carbocycles. The second kappa shape index (κ2) is 7.26. The number of rotatable bonds is 4. The van der Waals surface area contributed by atoms with Gasteiger partial charge < -0.3 is 10.6 Å². The van der Waals surface area contributed by atoms with Crippen LogP contribution in [-0.2, 0) is 0 Å². The van der Waals surface area contributed by atoms with Crippen molar-refractivity contribution >= 4 is 23.0 Å². The molecule has 3 nitrogen and oxygen atoms in total. The summed E-state index contributed by atoms with van der Waals surface area (Å²) in [5.74, 6) is -4.17. The van der Waals surface area contributed by atoms with Crippen LogP contribution in [0.5, 0.6) is 0 Å². The van der Waals surface area contributed by atoms with Gasteiger partial charge in [0.2, 0.25) is 0 Å². The molecule has 0 spiro atoms. The first-order valence-electron chi connectivity index (χ1n) is 7.51. The van der Waals surface area contributed by atoms with E-state index in [1.54, 1.807) is 24.3 Å². The van der Waals surface area contributed by atoms with Crippen LogP contribution >= 0.6 is 0 Å². The summed E-state index contributed by atoms with van der Waals surface area (Å²) < 4.78 is 52.6. The molecule has 0 bridgehead atoms. The molecule has 0 aromatic heterocycles. The Morgan fingerprint density at radius 1 is 0.692 bits per heavy atom. The van der Waals surface area contributed by atoms with E-state index in [9.17, 15) is 22.4 Å². The van der Waals surface area contributed by atoms with Gasteiger partial charge in [0.25, 0.3) is 5.91 Å². The molecule has 0 aliphatic rings. The van der Waals surface area contributed by atoms with Crippen LogP contribution in [0.3, 0.4) is 0 Å². The van der Waals surface area contributed by atoms with Gasteiger partial charge in [-0.2, -0.15) is 0 Å². The summed E-state index contributed by atoms with van der Waals surface area (Å²) >= 11 is 0. The van der Waals surface area contributed by atoms with Crippen molar-refractivity contribution < 1.29 is 22.4 Å². The lowest BCUT2D eigenvalue weighted by atomic mass is 10.2. The molecule has 0 unspecified atom stereocenters. The molecular weight excluding hydrogens is 348 g/mol. The molecule has 0 atom stereocenters. The highest BCUT2D eigenvalue weighted by molar-refractivity contribution is 6.04. The Kier molecular flexibility index (Phi) is 4.88. The first-order valence-corrected chi connectivity index (χ1v) is 7.51. The molecule has 3 rings (SSSR count). The van der Waals surface area contributed by atoms with Crippen LogP contribution < -0.4 is 10.6 Å². The van der Waals surface area contributed by atoms with Crippen molar-refractivity contribution in [2.24, 2.45) is 0 Å². The molecule has 3 aromatic rings. The Labute approximate surface area is 146 Å². The highest BCUT2D eigenvalue weighted by Crippen LogP contribution is 2.22. The minimum absolute atomic E-state index is 0.0283. The third-order valence-corrected chi connectivity index (χ3v) is 3.53. The molecule has 132 valence electrons. The molecule has 3 aromatic carbocycles. The normalized spacial score (nSPS) is 10.5. The van der Waals surface area contributed by atoms with Gasteiger partial charge in [0.05, 0.1) is 5.69 Å². The smallest absolute Gasteiger partial charge is 0.255 e. The molecule has 0 aliphatic carbocycles. The lowest BCUT2D eigenvalue weighted by molar-refractivity contribution is 0.102. The molecule has 2 N–H and O–H groups in total. The van der Waals surface area contributed by atoms with Crippen LogP contribution in [0, 0.1) is 23.3 Å². The Morgan fingerprint density at radius 2 is 1.38 bits per heavy atom. The van der Waals surface area contributed by atoms with E-state index in [1.807, 2.05) is 0 Å². The quantitative estimate of drug-likeness (QED) is 0.625. The van der Waals surface area contributed by atoms with E-state index in [2.05, 4.69) is 10.6 Å². The largest absolute Gasteiger partial charge is 0.353 e. The lowest BCUT2D eigenvalue weighted by Crippen LogP contribution is -2.12. The maximum Gasteiger partial charge on any atom is 0.255 e. The minimum Gasteiger partial charge on any atom is -0.353 e. The Bertz CT molecular complexity index is 958. The van der Waals surface area contributed by atoms with Gasteiger partial charge in [-0.3, -0.25) is 4.79 Å². The minimum atomic E-state index is -1.11. The number of carbonyl (C=O) groups is 1. The summed E-state index contributed by atoms with van der Waals surface area (Å²) in [4.78, 5) is 12.0. The van der Waals surface area contributed by atoms with Crippen LogP contribution in [0.2, 0.25) is 0 Å². The third-order valence-electron chi connectivity index (χ3n) is 3.53. The Hall–Kier alpha value is -3.35. The summed E-state index contributed by atoms with van der Waals surface area (Å²) in [6, 6.07) is 12.2. The predicted molar refractivity (Wildman–Crippen MR) is 90.4 cm³/mol. The van der Waals surface area contributed by atoms with Crippen molar-refractivity contribution in [3.63, 3.8) is 0 Å². The van der Waals surface area contributed by atoms with E-state index in [0.717, 1.165) is 24.3 Å². The Balaban J connectivity index is 1.69. The fourth-order valence-electron chi connectivity index (χ4n) is 2.22. The highest BCUT2D eigenvalue weighted by atomic mass is 19.2. The second-order valence-corrected chi connectivity index (χ2v) is 5.41. The summed E-state index contributed by atoms with van der Waals surface area (Å²) in [5.41, 5.74) is 0.996. The van der Waals surface area contributed by atoms with Crippen LogP contribution in [0.25, 0.3) is 0 Å². The van der Waals surface area contributed by atoms with Crippen molar-refractivity contribution in [2.45, 2.75) is 0 Å². The van der Waals surface area contributed by atoms with E-state index in [0.29, 0.717) is 11.4 Å². The van der Waals surface area contributed by atoms with Crippen molar-refractivity contribution in [3.8, 4) is 0 Å². The number of hydrogen-bond donors (Lipinski definition) is 2. The summed E-state index contributed by atoms with van der Waals surface area (Å²) in [5, 5.41) is 5.32. The predicted octanol–water partition coefficient (Wildman–Crippen LogP) is 5.24. The maximum atomic E-state index is 13.6. The number of anilines is 3. The van der Waals surface area contributed by atoms with Gasteiger partial charge in [0.1, 0.15) is 11.6 Å². The molecule has 0 radical (unpaired) electrons. The van der Waals surface area contributed by atoms with E-state index < -0.39 is 29.2 Å². The van der Waals surface area contributed by atoms with E-state index in [-0.39, 0.29) is 11.3 Å². The molecule has 0 heterocycles. The van der Waals surface area contributed by atoms with Gasteiger partial charge in [0, 0.05) is 23.0 Å². The first kappa shape index (κ1) is 17.5. The molecule has 0 fully saturated rings. The number of halogens is 4. The lowest BCUT2D eigenvalue weighted by Gasteiger charge is -2.10. The Morgan fingerprint density at radius 3 is 2.04 bits per heavy atom. The number of amides is 1. The molecule has 1 amide bonds. The zero-order chi connectivity index (χ0) is 18.7. The fourth-order valence-corrected chi connectivity index (χ4v) is 2.22. The molecule has 0 saturated heterocycles. The fraction of sp³-hybridized carbons (Fsp3) is 0. The summed E-state index contributed by atoms with van der Waals surface area (Å²) in [6.07, 6.45) is 0. The number of benzene rings is 3. The van der Waals surface area contributed by atoms with Crippen LogP contribution in [0.1, 0.15) is 10.4 Å². The maximum absolute atomic E-state index is 13.6. The molecule has 7 heteroatoms. The van der Waals surface area contributed by atoms with Gasteiger partial charge in [0.15, 0.2) is 11.6 Å². The van der Waals surface area contributed by atoms with E-state index in [4.69, 9.17) is 0 Å². The van der Waals surface area contributed by atoms with Gasteiger partial charge in [-0.1, -0.05) is 0 Å². The van der Waals surface area contributed by atoms with Crippen molar-refractivity contribution in [1.82, 2.24) is 0 Å². The molecular formula is C19H12F4N2O. The zero-order valence-corrected chi connectivity index (χ0v) is 13.2. The van der Waals surface area contributed by atoms with Crippen LogP contribution in [0.4, 0.5) is 34.6 Å². The van der Waals surface area contributed by atoms with Crippen LogP contribution in [-0.4, -0.2) is 5.91 Å². The number of carbonyl (C=O) groups excluding carboxylic acids is 1. The average molecular weight is 360 g/mol. The van der Waals surface area contributed by atoms with Gasteiger partial charge >= 0.3 is 0 Å². The number of nitrogens with one attached hydrogen (secondary N) is 2. The van der Waals surface area contributed by atoms with Gasteiger partial charge in [-0.15, -0.1) is 0 Å². The van der Waals surface area contributed by atoms with Gasteiger partial charge in [-0.25, -0.2) is 17.6 Å². The van der Waals surface area contributed by atoms with Crippen molar-refractivity contribution in [1.29, 1.82) is 0 Å². The zero-order valence-electron chi connectivity index (χ0n) is 13.2. The molecule has 26 heavy (non-hydrogen) atoms. The van der Waals surface area contributed by atoms with E-state index in [1.165, 1.54) is 12.1 Å². The average Bonchev–Trinajstić information content (AvgIpc) is 2.61. The van der Waals surface area contributed by atoms with E-state index >= 15 is 0 Å². The SMILES string of the molecule is O=C(Nc1ccc(Nc2ccc(F)cc2F)cc1)c1ccc(F)c(F)c1.